The van der Waals surface area contributed by atoms with Gasteiger partial charge in [0.1, 0.15) is 23.6 Å². The second kappa shape index (κ2) is 9.39. The highest BCUT2D eigenvalue weighted by Crippen LogP contribution is 2.38. The van der Waals surface area contributed by atoms with Crippen LogP contribution >= 0.6 is 11.6 Å². The van der Waals surface area contributed by atoms with Gasteiger partial charge in [-0.25, -0.2) is 24.3 Å². The molecule has 1 unspecified atom stereocenters. The molecule has 3 aromatic rings. The lowest BCUT2D eigenvalue weighted by molar-refractivity contribution is -0.218. The molecule has 12 heteroatoms. The molecule has 0 bridgehead atoms. The SMILES string of the molecule is COCC(=O)OOc1nn(-c2nccc(C)c2[S+](C)[O-])c(-c2ccc(F)nc2)c1Cl. The third kappa shape index (κ3) is 4.54. The Hall–Kier alpha value is -2.73. The topological polar surface area (TPSA) is 111 Å². The molecule has 0 saturated carbocycles. The van der Waals surface area contributed by atoms with E-state index in [9.17, 15) is 13.7 Å². The van der Waals surface area contributed by atoms with E-state index in [2.05, 4.69) is 24.7 Å². The van der Waals surface area contributed by atoms with Crippen molar-refractivity contribution >= 4 is 28.7 Å². The summed E-state index contributed by atoms with van der Waals surface area (Å²) < 4.78 is 31.6. The van der Waals surface area contributed by atoms with Gasteiger partial charge < -0.3 is 9.29 Å². The molecule has 0 spiro atoms. The quantitative estimate of drug-likeness (QED) is 0.232. The Kier molecular flexibility index (Phi) is 6.87. The average molecular weight is 455 g/mol. The second-order valence-corrected chi connectivity index (χ2v) is 7.65. The molecular weight excluding hydrogens is 439 g/mol. The van der Waals surface area contributed by atoms with E-state index < -0.39 is 23.1 Å². The first-order valence-electron chi connectivity index (χ1n) is 8.39. The van der Waals surface area contributed by atoms with Crippen LogP contribution < -0.4 is 4.89 Å². The maximum Gasteiger partial charge on any atom is 0.380 e. The fraction of sp³-hybridized carbons (Fsp3) is 0.222. The van der Waals surface area contributed by atoms with E-state index in [1.54, 1.807) is 13.0 Å². The summed E-state index contributed by atoms with van der Waals surface area (Å²) in [5, 5.41) is 4.17. The highest BCUT2D eigenvalue weighted by atomic mass is 35.5. The standard InChI is InChI=1S/C18H16ClFN4O5S/c1-10-6-7-21-17(16(10)30(3)26)24-15(11-4-5-12(20)22-8-11)14(19)18(23-24)29-28-13(25)9-27-2/h4-8H,9H2,1-3H3. The summed E-state index contributed by atoms with van der Waals surface area (Å²) in [6.07, 6.45) is 4.26. The highest BCUT2D eigenvalue weighted by molar-refractivity contribution is 7.90. The van der Waals surface area contributed by atoms with Crippen molar-refractivity contribution in [2.45, 2.75) is 11.8 Å². The van der Waals surface area contributed by atoms with E-state index in [0.29, 0.717) is 16.0 Å². The minimum atomic E-state index is -1.42. The zero-order valence-electron chi connectivity index (χ0n) is 16.1. The first-order valence-corrected chi connectivity index (χ1v) is 10.3. The fourth-order valence-corrected chi connectivity index (χ4v) is 3.79. The number of rotatable bonds is 7. The number of carbonyl (C=O) groups is 1. The van der Waals surface area contributed by atoms with Crippen LogP contribution in [-0.4, -0.2) is 50.2 Å². The van der Waals surface area contributed by atoms with E-state index in [0.717, 1.165) is 6.07 Å². The summed E-state index contributed by atoms with van der Waals surface area (Å²) >= 11 is 5.01. The number of hydrogen-bond acceptors (Lipinski definition) is 8. The van der Waals surface area contributed by atoms with Gasteiger partial charge in [0, 0.05) is 30.6 Å². The summed E-state index contributed by atoms with van der Waals surface area (Å²) in [5.74, 6) is -1.53. The molecule has 0 saturated heterocycles. The monoisotopic (exact) mass is 454 g/mol. The van der Waals surface area contributed by atoms with Gasteiger partial charge in [-0.1, -0.05) is 11.6 Å². The summed E-state index contributed by atoms with van der Waals surface area (Å²) in [7, 11) is 1.32. The van der Waals surface area contributed by atoms with Gasteiger partial charge in [0.15, 0.2) is 4.90 Å². The molecule has 0 amide bonds. The van der Waals surface area contributed by atoms with E-state index in [-0.39, 0.29) is 29.0 Å². The minimum Gasteiger partial charge on any atom is -0.612 e. The zero-order valence-corrected chi connectivity index (χ0v) is 17.7. The van der Waals surface area contributed by atoms with Gasteiger partial charge in [-0.3, -0.25) is 4.89 Å². The van der Waals surface area contributed by atoms with Crippen LogP contribution in [0.4, 0.5) is 4.39 Å². The van der Waals surface area contributed by atoms with Crippen LogP contribution in [0.3, 0.4) is 0 Å². The number of pyridine rings is 2. The maximum atomic E-state index is 13.3. The van der Waals surface area contributed by atoms with E-state index in [1.807, 2.05) is 0 Å². The maximum absolute atomic E-state index is 13.3. The molecular formula is C18H16ClFN4O5S. The lowest BCUT2D eigenvalue weighted by Crippen LogP contribution is -2.14. The third-order valence-electron chi connectivity index (χ3n) is 3.85. The van der Waals surface area contributed by atoms with Gasteiger partial charge in [0.2, 0.25) is 11.8 Å². The Bertz CT molecular complexity index is 1060. The van der Waals surface area contributed by atoms with Crippen molar-refractivity contribution < 1.29 is 28.2 Å². The van der Waals surface area contributed by atoms with Crippen LogP contribution in [0.2, 0.25) is 5.02 Å². The number of ether oxygens (including phenoxy) is 1. The van der Waals surface area contributed by atoms with Gasteiger partial charge in [-0.05, 0) is 36.3 Å². The largest absolute Gasteiger partial charge is 0.612 e. The molecule has 0 N–H and O–H groups in total. The molecule has 0 aliphatic carbocycles. The van der Waals surface area contributed by atoms with Gasteiger partial charge >= 0.3 is 11.8 Å². The number of nitrogens with zero attached hydrogens (tertiary/aromatic N) is 4. The molecule has 0 aliphatic heterocycles. The van der Waals surface area contributed by atoms with Crippen LogP contribution in [0.5, 0.6) is 5.88 Å². The minimum absolute atomic E-state index is 0.0511. The summed E-state index contributed by atoms with van der Waals surface area (Å²) in [4.78, 5) is 29.5. The number of hydrogen-bond donors (Lipinski definition) is 0. The van der Waals surface area contributed by atoms with Crippen molar-refractivity contribution in [3.8, 4) is 23.0 Å². The number of halogens is 2. The van der Waals surface area contributed by atoms with Gasteiger partial charge in [0.25, 0.3) is 0 Å². The van der Waals surface area contributed by atoms with Crippen LogP contribution in [0.1, 0.15) is 5.56 Å². The number of methoxy groups -OCH3 is 1. The van der Waals surface area contributed by atoms with Crippen LogP contribution in [0.15, 0.2) is 35.5 Å². The molecule has 0 aliphatic rings. The smallest absolute Gasteiger partial charge is 0.380 e. The van der Waals surface area contributed by atoms with E-state index >= 15 is 0 Å². The first-order chi connectivity index (χ1) is 14.3. The highest BCUT2D eigenvalue weighted by Gasteiger charge is 2.27. The Morgan fingerprint density at radius 1 is 1.33 bits per heavy atom. The molecule has 1 atom stereocenters. The summed E-state index contributed by atoms with van der Waals surface area (Å²) in [6.45, 7) is 1.43. The van der Waals surface area contributed by atoms with Gasteiger partial charge in [0.05, 0.1) is 0 Å². The van der Waals surface area contributed by atoms with Gasteiger partial charge in [-0.15, -0.1) is 5.10 Å². The lowest BCUT2D eigenvalue weighted by Gasteiger charge is -2.13. The Labute approximate surface area is 178 Å². The number of carbonyl (C=O) groups excluding carboxylic acids is 1. The van der Waals surface area contributed by atoms with Crippen LogP contribution in [0, 0.1) is 12.9 Å². The molecule has 0 aromatic carbocycles. The van der Waals surface area contributed by atoms with Crippen molar-refractivity contribution in [2.24, 2.45) is 0 Å². The van der Waals surface area contributed by atoms with Crippen LogP contribution in [-0.2, 0) is 25.6 Å². The molecule has 0 radical (unpaired) electrons. The third-order valence-corrected chi connectivity index (χ3v) is 5.27. The van der Waals surface area contributed by atoms with E-state index in [4.69, 9.17) is 16.5 Å². The van der Waals surface area contributed by atoms with E-state index in [1.165, 1.54) is 36.5 Å². The Morgan fingerprint density at radius 2 is 2.10 bits per heavy atom. The molecule has 3 heterocycles. The van der Waals surface area contributed by atoms with Crippen molar-refractivity contribution in [3.05, 3.63) is 47.1 Å². The fourth-order valence-electron chi connectivity index (χ4n) is 2.61. The lowest BCUT2D eigenvalue weighted by atomic mass is 10.2. The molecule has 0 fully saturated rings. The normalized spacial score (nSPS) is 11.9. The summed E-state index contributed by atoms with van der Waals surface area (Å²) in [5.41, 5.74) is 1.32. The second-order valence-electron chi connectivity index (χ2n) is 5.96. The van der Waals surface area contributed by atoms with Gasteiger partial charge in [-0.2, -0.15) is 4.39 Å². The number of aromatic nitrogens is 4. The van der Waals surface area contributed by atoms with Crippen molar-refractivity contribution in [1.29, 1.82) is 0 Å². The Balaban J connectivity index is 2.16. The van der Waals surface area contributed by atoms with Crippen molar-refractivity contribution in [3.63, 3.8) is 0 Å². The zero-order chi connectivity index (χ0) is 21.8. The predicted octanol–water partition coefficient (Wildman–Crippen LogP) is 2.65. The Morgan fingerprint density at radius 3 is 2.73 bits per heavy atom. The van der Waals surface area contributed by atoms with Crippen molar-refractivity contribution in [2.75, 3.05) is 20.0 Å². The molecule has 3 aromatic heterocycles. The number of aryl methyl sites for hydroxylation is 1. The van der Waals surface area contributed by atoms with Crippen LogP contribution in [0.25, 0.3) is 17.1 Å². The molecule has 158 valence electrons. The first kappa shape index (κ1) is 22.0. The average Bonchev–Trinajstić information content (AvgIpc) is 3.03. The molecule has 9 nitrogen and oxygen atoms in total. The van der Waals surface area contributed by atoms with Crippen molar-refractivity contribution in [1.82, 2.24) is 19.7 Å². The molecule has 30 heavy (non-hydrogen) atoms. The summed E-state index contributed by atoms with van der Waals surface area (Å²) in [6, 6.07) is 4.28. The molecule has 3 rings (SSSR count). The predicted molar refractivity (Wildman–Crippen MR) is 105 cm³/mol.